The minimum atomic E-state index is -0.428. The topological polar surface area (TPSA) is 116 Å². The standard InChI is InChI=1S/C29H35FN6O3/c1-6-19-15-20(7-8-22(19)28(37)33-12-14-39-29(3,4)17-31)35-26-27-34-16-23(36(27)13-11-32-26)21-9-10-24(38-5)25(30)18(21)2/h7-11,13,15-16H,6,12,14,17,31H2,1-5H3,(H,32,35)(H,33,37). The van der Waals surface area contributed by atoms with E-state index in [1.165, 1.54) is 7.11 Å². The van der Waals surface area contributed by atoms with E-state index >= 15 is 0 Å². The van der Waals surface area contributed by atoms with Crippen LogP contribution in [-0.4, -0.2) is 52.7 Å². The van der Waals surface area contributed by atoms with E-state index in [-0.39, 0.29) is 11.7 Å². The maximum absolute atomic E-state index is 14.7. The first kappa shape index (κ1) is 28.0. The van der Waals surface area contributed by atoms with Crippen molar-refractivity contribution in [3.05, 3.63) is 71.4 Å². The van der Waals surface area contributed by atoms with Gasteiger partial charge in [0.15, 0.2) is 23.0 Å². The van der Waals surface area contributed by atoms with E-state index in [9.17, 15) is 9.18 Å². The van der Waals surface area contributed by atoms with Gasteiger partial charge in [0.05, 0.1) is 31.2 Å². The molecule has 2 heterocycles. The van der Waals surface area contributed by atoms with Crippen LogP contribution in [-0.2, 0) is 11.2 Å². The number of nitrogens with two attached hydrogens (primary N) is 1. The van der Waals surface area contributed by atoms with Gasteiger partial charge in [-0.05, 0) is 68.7 Å². The first-order chi connectivity index (χ1) is 18.7. The number of hydrogen-bond acceptors (Lipinski definition) is 7. The van der Waals surface area contributed by atoms with Crippen molar-refractivity contribution >= 4 is 23.1 Å². The number of benzene rings is 2. The SMILES string of the molecule is CCc1cc(Nc2nccn3c(-c4ccc(OC)c(F)c4C)cnc23)ccc1C(=O)NCCOC(C)(C)CN. The molecule has 0 aliphatic heterocycles. The lowest BCUT2D eigenvalue weighted by molar-refractivity contribution is -0.00809. The Hall–Kier alpha value is -4.02. The van der Waals surface area contributed by atoms with Crippen LogP contribution in [0.25, 0.3) is 16.9 Å². The number of anilines is 2. The molecule has 4 rings (SSSR count). The molecular formula is C29H35FN6O3. The van der Waals surface area contributed by atoms with Crippen LogP contribution < -0.4 is 21.1 Å². The molecular weight excluding hydrogens is 499 g/mol. The third-order valence-corrected chi connectivity index (χ3v) is 6.64. The fourth-order valence-corrected chi connectivity index (χ4v) is 4.27. The summed E-state index contributed by atoms with van der Waals surface area (Å²) in [6.07, 6.45) is 5.81. The van der Waals surface area contributed by atoms with Crippen LogP contribution in [0, 0.1) is 12.7 Å². The average molecular weight is 535 g/mol. The largest absolute Gasteiger partial charge is 0.494 e. The molecule has 39 heavy (non-hydrogen) atoms. The van der Waals surface area contributed by atoms with Crippen LogP contribution in [0.4, 0.5) is 15.9 Å². The lowest BCUT2D eigenvalue weighted by Gasteiger charge is -2.23. The highest BCUT2D eigenvalue weighted by Gasteiger charge is 2.18. The normalized spacial score (nSPS) is 11.6. The number of nitrogens with zero attached hydrogens (tertiary/aromatic N) is 3. The number of carbonyl (C=O) groups is 1. The van der Waals surface area contributed by atoms with Gasteiger partial charge in [0.25, 0.3) is 5.91 Å². The molecule has 0 aliphatic carbocycles. The van der Waals surface area contributed by atoms with E-state index in [0.29, 0.717) is 54.3 Å². The molecule has 4 aromatic rings. The maximum atomic E-state index is 14.7. The fraction of sp³-hybridized carbons (Fsp3) is 0.345. The van der Waals surface area contributed by atoms with Crippen LogP contribution >= 0.6 is 0 Å². The van der Waals surface area contributed by atoms with Gasteiger partial charge in [0.1, 0.15) is 0 Å². The number of amides is 1. The van der Waals surface area contributed by atoms with Gasteiger partial charge in [-0.3, -0.25) is 9.20 Å². The maximum Gasteiger partial charge on any atom is 0.251 e. The molecule has 0 saturated heterocycles. The second-order valence-corrected chi connectivity index (χ2v) is 9.79. The molecule has 206 valence electrons. The Balaban J connectivity index is 1.54. The number of carbonyl (C=O) groups excluding carboxylic acids is 1. The molecule has 0 fully saturated rings. The highest BCUT2D eigenvalue weighted by molar-refractivity contribution is 5.96. The lowest BCUT2D eigenvalue weighted by Crippen LogP contribution is -2.37. The van der Waals surface area contributed by atoms with Gasteiger partial charge in [0, 0.05) is 42.3 Å². The van der Waals surface area contributed by atoms with Crippen LogP contribution in [0.1, 0.15) is 42.3 Å². The summed E-state index contributed by atoms with van der Waals surface area (Å²) < 4.78 is 27.4. The Morgan fingerprint density at radius 2 is 2.00 bits per heavy atom. The first-order valence-corrected chi connectivity index (χ1v) is 12.9. The van der Waals surface area contributed by atoms with E-state index in [0.717, 1.165) is 16.9 Å². The Labute approximate surface area is 227 Å². The van der Waals surface area contributed by atoms with E-state index in [4.69, 9.17) is 15.2 Å². The second-order valence-electron chi connectivity index (χ2n) is 9.79. The quantitative estimate of drug-likeness (QED) is 0.240. The van der Waals surface area contributed by atoms with Gasteiger partial charge >= 0.3 is 0 Å². The third-order valence-electron chi connectivity index (χ3n) is 6.64. The van der Waals surface area contributed by atoms with Gasteiger partial charge in [0.2, 0.25) is 0 Å². The van der Waals surface area contributed by atoms with Crippen molar-refractivity contribution in [3.63, 3.8) is 0 Å². The number of ether oxygens (including phenoxy) is 2. The minimum Gasteiger partial charge on any atom is -0.494 e. The molecule has 4 N–H and O–H groups in total. The molecule has 0 saturated carbocycles. The van der Waals surface area contributed by atoms with Crippen molar-refractivity contribution in [3.8, 4) is 17.0 Å². The molecule has 1 amide bonds. The van der Waals surface area contributed by atoms with E-state index in [1.54, 1.807) is 37.6 Å². The number of aromatic nitrogens is 3. The Morgan fingerprint density at radius 3 is 2.72 bits per heavy atom. The predicted molar refractivity (Wildman–Crippen MR) is 150 cm³/mol. The van der Waals surface area contributed by atoms with Crippen molar-refractivity contribution < 1.29 is 18.7 Å². The van der Waals surface area contributed by atoms with Crippen LogP contribution in [0.2, 0.25) is 0 Å². The second kappa shape index (κ2) is 11.8. The predicted octanol–water partition coefficient (Wildman–Crippen LogP) is 4.64. The number of fused-ring (bicyclic) bond motifs is 1. The van der Waals surface area contributed by atoms with E-state index < -0.39 is 11.4 Å². The number of methoxy groups -OCH3 is 1. The van der Waals surface area contributed by atoms with Crippen LogP contribution in [0.5, 0.6) is 5.75 Å². The molecule has 0 spiro atoms. The van der Waals surface area contributed by atoms with E-state index in [2.05, 4.69) is 20.6 Å². The van der Waals surface area contributed by atoms with Crippen molar-refractivity contribution in [2.75, 3.05) is 32.1 Å². The summed E-state index contributed by atoms with van der Waals surface area (Å²) in [7, 11) is 1.44. The smallest absolute Gasteiger partial charge is 0.251 e. The zero-order valence-electron chi connectivity index (χ0n) is 23.0. The van der Waals surface area contributed by atoms with Gasteiger partial charge in [-0.15, -0.1) is 0 Å². The van der Waals surface area contributed by atoms with Gasteiger partial charge in [-0.25, -0.2) is 14.4 Å². The molecule has 10 heteroatoms. The van der Waals surface area contributed by atoms with Crippen LogP contribution in [0.15, 0.2) is 48.9 Å². The summed E-state index contributed by atoms with van der Waals surface area (Å²) >= 11 is 0. The lowest BCUT2D eigenvalue weighted by atomic mass is 10.0. The Bertz CT molecular complexity index is 1480. The van der Waals surface area contributed by atoms with Crippen molar-refractivity contribution in [1.29, 1.82) is 0 Å². The monoisotopic (exact) mass is 534 g/mol. The van der Waals surface area contributed by atoms with Crippen molar-refractivity contribution in [2.24, 2.45) is 5.73 Å². The summed E-state index contributed by atoms with van der Waals surface area (Å²) in [5.74, 6) is 0.171. The summed E-state index contributed by atoms with van der Waals surface area (Å²) in [6.45, 7) is 8.70. The number of nitrogens with one attached hydrogen (secondary N) is 2. The average Bonchev–Trinajstić information content (AvgIpc) is 3.37. The zero-order valence-corrected chi connectivity index (χ0v) is 23.0. The van der Waals surface area contributed by atoms with Gasteiger partial charge in [-0.1, -0.05) is 6.92 Å². The minimum absolute atomic E-state index is 0.159. The third kappa shape index (κ3) is 6.02. The first-order valence-electron chi connectivity index (χ1n) is 12.9. The molecule has 0 unspecified atom stereocenters. The summed E-state index contributed by atoms with van der Waals surface area (Å²) in [5.41, 5.74) is 10.0. The number of imidazole rings is 1. The summed E-state index contributed by atoms with van der Waals surface area (Å²) in [6, 6.07) is 8.98. The van der Waals surface area contributed by atoms with Gasteiger partial charge in [-0.2, -0.15) is 0 Å². The Kier molecular flexibility index (Phi) is 8.47. The van der Waals surface area contributed by atoms with E-state index in [1.807, 2.05) is 43.4 Å². The van der Waals surface area contributed by atoms with Crippen molar-refractivity contribution in [2.45, 2.75) is 39.7 Å². The molecule has 2 aromatic heterocycles. The number of rotatable bonds is 11. The molecule has 0 radical (unpaired) electrons. The Morgan fingerprint density at radius 1 is 1.21 bits per heavy atom. The van der Waals surface area contributed by atoms with Gasteiger partial charge < -0.3 is 25.8 Å². The number of aryl methyl sites for hydroxylation is 1. The molecule has 9 nitrogen and oxygen atoms in total. The molecule has 2 aromatic carbocycles. The molecule has 0 atom stereocenters. The fourth-order valence-electron chi connectivity index (χ4n) is 4.27. The number of halogens is 1. The molecule has 0 aliphatic rings. The highest BCUT2D eigenvalue weighted by atomic mass is 19.1. The summed E-state index contributed by atoms with van der Waals surface area (Å²) in [5, 5.41) is 6.23. The highest BCUT2D eigenvalue weighted by Crippen LogP contribution is 2.32. The number of hydrogen-bond donors (Lipinski definition) is 3. The van der Waals surface area contributed by atoms with Crippen LogP contribution in [0.3, 0.4) is 0 Å². The molecule has 0 bridgehead atoms. The summed E-state index contributed by atoms with van der Waals surface area (Å²) in [4.78, 5) is 21.9. The van der Waals surface area contributed by atoms with Crippen molar-refractivity contribution in [1.82, 2.24) is 19.7 Å². The zero-order chi connectivity index (χ0) is 28.2.